The van der Waals surface area contributed by atoms with Crippen LogP contribution in [0.2, 0.25) is 0 Å². The zero-order chi connectivity index (χ0) is 22.3. The fourth-order valence-electron chi connectivity index (χ4n) is 2.64. The molecule has 1 aromatic heterocycles. The fourth-order valence-corrected chi connectivity index (χ4v) is 4.96. The van der Waals surface area contributed by atoms with Gasteiger partial charge in [-0.2, -0.15) is 9.39 Å². The molecule has 31 heavy (non-hydrogen) atoms. The summed E-state index contributed by atoms with van der Waals surface area (Å²) in [5.74, 6) is -1.47. The lowest BCUT2D eigenvalue weighted by Gasteiger charge is -2.23. The number of nitrogens with zero attached hydrogens (tertiary/aromatic N) is 3. The number of hydrogen-bond acceptors (Lipinski definition) is 9. The standard InChI is InChI=1S/C18H11BrN4O6S2/c1-31(26,27)18-22-30-17-21-15(24)10(14(20)23(17)18)7-9-4-5-12(11(19)8-9)29-16(25)13-3-2-6-28-13/h2-8,20H,1H3/b10-7-,20-14?. The smallest absolute Gasteiger partial charge is 0.379 e. The summed E-state index contributed by atoms with van der Waals surface area (Å²) in [6, 6.07) is 7.66. The van der Waals surface area contributed by atoms with E-state index in [2.05, 4.69) is 25.3 Å². The molecule has 1 aromatic carbocycles. The first-order valence-electron chi connectivity index (χ1n) is 8.39. The molecule has 10 nitrogen and oxygen atoms in total. The topological polar surface area (TPSA) is 142 Å². The average molecular weight is 523 g/mol. The first kappa shape index (κ1) is 21.2. The molecule has 3 heterocycles. The molecule has 13 heteroatoms. The number of carbonyl (C=O) groups excluding carboxylic acids is 2. The van der Waals surface area contributed by atoms with Crippen molar-refractivity contribution < 1.29 is 27.2 Å². The lowest BCUT2D eigenvalue weighted by atomic mass is 10.1. The third-order valence-corrected chi connectivity index (χ3v) is 6.39. The van der Waals surface area contributed by atoms with Crippen molar-refractivity contribution >= 4 is 71.8 Å². The van der Waals surface area contributed by atoms with Gasteiger partial charge < -0.3 is 9.15 Å². The van der Waals surface area contributed by atoms with Gasteiger partial charge in [-0.15, -0.1) is 0 Å². The largest absolute Gasteiger partial charge is 0.457 e. The SMILES string of the molecule is CS(=O)(=O)C1=NSC2=NC(=O)/C(=C\c3ccc(OC(=O)c4ccco4)c(Br)c3)C(=N)N21. The summed E-state index contributed by atoms with van der Waals surface area (Å²) >= 11 is 4.02. The van der Waals surface area contributed by atoms with E-state index in [1.807, 2.05) is 0 Å². The number of fused-ring (bicyclic) bond motifs is 1. The third-order valence-electron chi connectivity index (χ3n) is 4.02. The van der Waals surface area contributed by atoms with E-state index in [0.717, 1.165) is 23.1 Å². The van der Waals surface area contributed by atoms with Gasteiger partial charge in [0, 0.05) is 6.26 Å². The summed E-state index contributed by atoms with van der Waals surface area (Å²) in [7, 11) is -3.73. The predicted octanol–water partition coefficient (Wildman–Crippen LogP) is 2.88. The molecule has 1 amide bonds. The summed E-state index contributed by atoms with van der Waals surface area (Å²) < 4.78 is 38.4. The number of nitrogens with one attached hydrogen (secondary N) is 1. The molecule has 1 N–H and O–H groups in total. The summed E-state index contributed by atoms with van der Waals surface area (Å²) in [6.07, 6.45) is 3.70. The molecule has 2 aliphatic heterocycles. The van der Waals surface area contributed by atoms with Crippen molar-refractivity contribution in [1.82, 2.24) is 4.90 Å². The summed E-state index contributed by atoms with van der Waals surface area (Å²) in [4.78, 5) is 29.3. The van der Waals surface area contributed by atoms with Crippen LogP contribution >= 0.6 is 27.9 Å². The highest BCUT2D eigenvalue weighted by atomic mass is 79.9. The molecule has 0 unspecified atom stereocenters. The lowest BCUT2D eigenvalue weighted by molar-refractivity contribution is -0.114. The first-order valence-corrected chi connectivity index (χ1v) is 11.8. The van der Waals surface area contributed by atoms with Crippen molar-refractivity contribution in [1.29, 1.82) is 5.41 Å². The van der Waals surface area contributed by atoms with Crippen LogP contribution in [0.15, 0.2) is 60.4 Å². The second-order valence-corrected chi connectivity index (χ2v) is 9.73. The van der Waals surface area contributed by atoms with Crippen molar-refractivity contribution in [3.05, 3.63) is 58.0 Å². The van der Waals surface area contributed by atoms with Gasteiger partial charge >= 0.3 is 5.97 Å². The van der Waals surface area contributed by atoms with Crippen molar-refractivity contribution in [3.8, 4) is 5.75 Å². The van der Waals surface area contributed by atoms with E-state index < -0.39 is 21.7 Å². The molecule has 0 aliphatic carbocycles. The summed E-state index contributed by atoms with van der Waals surface area (Å²) in [5.41, 5.74) is 0.371. The second-order valence-electron chi connectivity index (χ2n) is 6.24. The van der Waals surface area contributed by atoms with Gasteiger partial charge in [0.15, 0.2) is 0 Å². The van der Waals surface area contributed by atoms with E-state index in [1.165, 1.54) is 24.5 Å². The molecule has 0 atom stereocenters. The van der Waals surface area contributed by atoms with Crippen LogP contribution in [0.1, 0.15) is 16.1 Å². The average Bonchev–Trinajstić information content (AvgIpc) is 3.36. The minimum atomic E-state index is -3.73. The van der Waals surface area contributed by atoms with Crippen LogP contribution in [0.4, 0.5) is 0 Å². The van der Waals surface area contributed by atoms with E-state index in [9.17, 15) is 18.0 Å². The van der Waals surface area contributed by atoms with Crippen molar-refractivity contribution in [3.63, 3.8) is 0 Å². The van der Waals surface area contributed by atoms with E-state index in [-0.39, 0.29) is 33.3 Å². The second kappa shape index (κ2) is 7.90. The summed E-state index contributed by atoms with van der Waals surface area (Å²) in [6.45, 7) is 0. The Morgan fingerprint density at radius 3 is 2.77 bits per heavy atom. The number of amides is 1. The highest BCUT2D eigenvalue weighted by Crippen LogP contribution is 2.31. The molecule has 158 valence electrons. The predicted molar refractivity (Wildman–Crippen MR) is 118 cm³/mol. The maximum absolute atomic E-state index is 12.4. The van der Waals surface area contributed by atoms with Crippen LogP contribution in [0.3, 0.4) is 0 Å². The zero-order valence-electron chi connectivity index (χ0n) is 15.5. The molecule has 0 saturated heterocycles. The van der Waals surface area contributed by atoms with Crippen molar-refractivity contribution in [2.75, 3.05) is 6.26 Å². The summed E-state index contributed by atoms with van der Waals surface area (Å²) in [5, 5.41) is 7.99. The Kier molecular flexibility index (Phi) is 5.41. The lowest BCUT2D eigenvalue weighted by Crippen LogP contribution is -2.45. The molecule has 0 bridgehead atoms. The number of furan rings is 1. The minimum Gasteiger partial charge on any atom is -0.457 e. The van der Waals surface area contributed by atoms with Gasteiger partial charge in [0.2, 0.25) is 25.9 Å². The van der Waals surface area contributed by atoms with E-state index in [0.29, 0.717) is 10.0 Å². The maximum Gasteiger partial charge on any atom is 0.379 e. The number of rotatable bonds is 3. The number of benzene rings is 1. The highest BCUT2D eigenvalue weighted by molar-refractivity contribution is 9.10. The van der Waals surface area contributed by atoms with Gasteiger partial charge in [0.1, 0.15) is 11.6 Å². The number of sulfone groups is 1. The van der Waals surface area contributed by atoms with Crippen LogP contribution < -0.4 is 4.74 Å². The Hall–Kier alpha value is -3.03. The Bertz CT molecular complexity index is 1330. The van der Waals surface area contributed by atoms with Crippen LogP contribution in [0.25, 0.3) is 6.08 Å². The fraction of sp³-hybridized carbons (Fsp3) is 0.0556. The zero-order valence-corrected chi connectivity index (χ0v) is 18.7. The number of ether oxygens (including phenoxy) is 1. The van der Waals surface area contributed by atoms with Crippen molar-refractivity contribution in [2.45, 2.75) is 0 Å². The van der Waals surface area contributed by atoms with Gasteiger partial charge in [0.05, 0.1) is 28.3 Å². The molecule has 4 rings (SSSR count). The van der Waals surface area contributed by atoms with E-state index >= 15 is 0 Å². The number of esters is 1. The monoisotopic (exact) mass is 522 g/mol. The molecule has 0 saturated carbocycles. The molecule has 0 fully saturated rings. The number of aliphatic imine (C=N–C) groups is 1. The van der Waals surface area contributed by atoms with Crippen molar-refractivity contribution in [2.24, 2.45) is 9.39 Å². The molecule has 0 radical (unpaired) electrons. The number of halogens is 1. The third kappa shape index (κ3) is 4.11. The van der Waals surface area contributed by atoms with Gasteiger partial charge in [-0.3, -0.25) is 10.2 Å². The normalized spacial score (nSPS) is 17.5. The van der Waals surface area contributed by atoms with Crippen LogP contribution in [0.5, 0.6) is 5.75 Å². The van der Waals surface area contributed by atoms with Gasteiger partial charge in [-0.1, -0.05) is 6.07 Å². The highest BCUT2D eigenvalue weighted by Gasteiger charge is 2.41. The Balaban J connectivity index is 1.62. The van der Waals surface area contributed by atoms with Crippen LogP contribution in [0, 0.1) is 5.41 Å². The Morgan fingerprint density at radius 1 is 1.35 bits per heavy atom. The molecular weight excluding hydrogens is 512 g/mol. The quantitative estimate of drug-likeness (QED) is 0.280. The molecule has 2 aliphatic rings. The van der Waals surface area contributed by atoms with Crippen LogP contribution in [-0.2, 0) is 14.6 Å². The molecule has 0 spiro atoms. The number of carbonyl (C=O) groups is 2. The molecular formula is C18H11BrN4O6S2. The minimum absolute atomic E-state index is 0.00828. The Labute approximate surface area is 188 Å². The van der Waals surface area contributed by atoms with Gasteiger partial charge in [-0.05, 0) is 51.8 Å². The molecule has 2 aromatic rings. The number of hydrogen-bond donors (Lipinski definition) is 1. The van der Waals surface area contributed by atoms with Gasteiger partial charge in [0.25, 0.3) is 5.91 Å². The maximum atomic E-state index is 12.4. The van der Waals surface area contributed by atoms with E-state index in [4.69, 9.17) is 14.6 Å². The first-order chi connectivity index (χ1) is 14.6. The van der Waals surface area contributed by atoms with Gasteiger partial charge in [-0.25, -0.2) is 18.1 Å². The number of amidine groups is 3. The Morgan fingerprint density at radius 2 is 2.13 bits per heavy atom. The van der Waals surface area contributed by atoms with Crippen LogP contribution in [-0.4, -0.2) is 47.6 Å². The van der Waals surface area contributed by atoms with E-state index in [1.54, 1.807) is 18.2 Å².